The van der Waals surface area contributed by atoms with Crippen molar-refractivity contribution in [1.29, 1.82) is 0 Å². The van der Waals surface area contributed by atoms with Crippen LogP contribution in [0.15, 0.2) is 43.0 Å². The fourth-order valence-electron chi connectivity index (χ4n) is 2.25. The molecule has 0 saturated carbocycles. The summed E-state index contributed by atoms with van der Waals surface area (Å²) in [5.74, 6) is 1.27. The molecular weight excluding hydrogens is 180 g/mol. The predicted molar refractivity (Wildman–Crippen MR) is 68.1 cm³/mol. The maximum Gasteiger partial charge on any atom is -0.00993 e. The Kier molecular flexibility index (Phi) is 5.17. The van der Waals surface area contributed by atoms with Gasteiger partial charge in [0.25, 0.3) is 0 Å². The molecule has 0 spiro atoms. The molecule has 0 amide bonds. The maximum atomic E-state index is 3.96. The van der Waals surface area contributed by atoms with Crippen molar-refractivity contribution in [3.63, 3.8) is 0 Å². The molecule has 0 heteroatoms. The van der Waals surface area contributed by atoms with Gasteiger partial charge in [-0.05, 0) is 30.2 Å². The molecule has 82 valence electrons. The van der Waals surface area contributed by atoms with E-state index in [1.807, 2.05) is 0 Å². The van der Waals surface area contributed by atoms with Crippen LogP contribution in [0.2, 0.25) is 0 Å². The van der Waals surface area contributed by atoms with E-state index >= 15 is 0 Å². The first-order valence-corrected chi connectivity index (χ1v) is 6.00. The van der Waals surface area contributed by atoms with Crippen molar-refractivity contribution in [2.24, 2.45) is 5.92 Å². The van der Waals surface area contributed by atoms with Gasteiger partial charge in [0.05, 0.1) is 0 Å². The largest absolute Gasteiger partial charge is 0.103 e. The lowest BCUT2D eigenvalue weighted by Gasteiger charge is -2.23. The van der Waals surface area contributed by atoms with Crippen LogP contribution in [0.1, 0.15) is 44.6 Å². The topological polar surface area (TPSA) is 0 Å². The van der Waals surface area contributed by atoms with Crippen molar-refractivity contribution in [2.45, 2.75) is 39.0 Å². The van der Waals surface area contributed by atoms with Crippen LogP contribution in [0.3, 0.4) is 0 Å². The molecular formula is C15H22. The summed E-state index contributed by atoms with van der Waals surface area (Å²) in [7, 11) is 0. The van der Waals surface area contributed by atoms with E-state index in [0.29, 0.717) is 11.8 Å². The molecule has 0 bridgehead atoms. The van der Waals surface area contributed by atoms with Crippen molar-refractivity contribution in [3.8, 4) is 0 Å². The van der Waals surface area contributed by atoms with Gasteiger partial charge in [0.15, 0.2) is 0 Å². The molecule has 0 aliphatic heterocycles. The molecule has 0 fully saturated rings. The Balaban J connectivity index is 2.86. The number of benzene rings is 1. The summed E-state index contributed by atoms with van der Waals surface area (Å²) in [6.45, 7) is 8.46. The molecule has 0 saturated heterocycles. The lowest BCUT2D eigenvalue weighted by molar-refractivity contribution is 0.460. The highest BCUT2D eigenvalue weighted by molar-refractivity contribution is 5.21. The SMILES string of the molecule is C=C[C@@H](CC)[C@@H](CCC)c1ccccc1. The number of hydrogen-bond acceptors (Lipinski definition) is 0. The van der Waals surface area contributed by atoms with Crippen LogP contribution in [-0.2, 0) is 0 Å². The van der Waals surface area contributed by atoms with Crippen molar-refractivity contribution in [1.82, 2.24) is 0 Å². The molecule has 0 heterocycles. The van der Waals surface area contributed by atoms with Gasteiger partial charge in [0, 0.05) is 0 Å². The monoisotopic (exact) mass is 202 g/mol. The van der Waals surface area contributed by atoms with E-state index < -0.39 is 0 Å². The smallest absolute Gasteiger partial charge is 0.00993 e. The quantitative estimate of drug-likeness (QED) is 0.582. The van der Waals surface area contributed by atoms with Crippen LogP contribution in [-0.4, -0.2) is 0 Å². The van der Waals surface area contributed by atoms with Crippen LogP contribution in [0, 0.1) is 5.92 Å². The summed E-state index contributed by atoms with van der Waals surface area (Å²) < 4.78 is 0. The number of rotatable bonds is 6. The van der Waals surface area contributed by atoms with Crippen LogP contribution in [0.5, 0.6) is 0 Å². The van der Waals surface area contributed by atoms with E-state index in [4.69, 9.17) is 0 Å². The highest BCUT2D eigenvalue weighted by Crippen LogP contribution is 2.31. The van der Waals surface area contributed by atoms with Crippen molar-refractivity contribution in [2.75, 3.05) is 0 Å². The van der Waals surface area contributed by atoms with Crippen molar-refractivity contribution >= 4 is 0 Å². The molecule has 1 rings (SSSR count). The van der Waals surface area contributed by atoms with E-state index in [-0.39, 0.29) is 0 Å². The molecule has 0 aliphatic rings. The van der Waals surface area contributed by atoms with Crippen molar-refractivity contribution in [3.05, 3.63) is 48.6 Å². The van der Waals surface area contributed by atoms with E-state index in [1.165, 1.54) is 24.8 Å². The van der Waals surface area contributed by atoms with E-state index in [0.717, 1.165) is 0 Å². The van der Waals surface area contributed by atoms with Gasteiger partial charge in [-0.2, -0.15) is 0 Å². The summed E-state index contributed by atoms with van der Waals surface area (Å²) in [6.07, 6.45) is 5.80. The second-order valence-electron chi connectivity index (χ2n) is 4.11. The molecule has 0 aliphatic carbocycles. The highest BCUT2D eigenvalue weighted by Gasteiger charge is 2.17. The second-order valence-corrected chi connectivity index (χ2v) is 4.11. The Morgan fingerprint density at radius 2 is 1.87 bits per heavy atom. The Morgan fingerprint density at radius 1 is 1.20 bits per heavy atom. The number of allylic oxidation sites excluding steroid dienone is 1. The number of hydrogen-bond donors (Lipinski definition) is 0. The lowest BCUT2D eigenvalue weighted by atomic mass is 9.81. The summed E-state index contributed by atoms with van der Waals surface area (Å²) in [4.78, 5) is 0. The zero-order valence-corrected chi connectivity index (χ0v) is 9.95. The minimum atomic E-state index is 0.618. The Morgan fingerprint density at radius 3 is 2.33 bits per heavy atom. The molecule has 0 nitrogen and oxygen atoms in total. The van der Waals surface area contributed by atoms with E-state index in [1.54, 1.807) is 0 Å². The van der Waals surface area contributed by atoms with Crippen LogP contribution < -0.4 is 0 Å². The first-order valence-electron chi connectivity index (χ1n) is 6.00. The van der Waals surface area contributed by atoms with Gasteiger partial charge in [-0.1, -0.05) is 56.7 Å². The van der Waals surface area contributed by atoms with Crippen LogP contribution in [0.25, 0.3) is 0 Å². The summed E-state index contributed by atoms with van der Waals surface area (Å²) >= 11 is 0. The van der Waals surface area contributed by atoms with Gasteiger partial charge in [-0.15, -0.1) is 6.58 Å². The van der Waals surface area contributed by atoms with E-state index in [2.05, 4.69) is 56.8 Å². The molecule has 0 N–H and O–H groups in total. The normalized spacial score (nSPS) is 14.5. The highest BCUT2D eigenvalue weighted by atomic mass is 14.2. The first-order chi connectivity index (χ1) is 7.33. The zero-order chi connectivity index (χ0) is 11.1. The fraction of sp³-hybridized carbons (Fsp3) is 0.467. The average molecular weight is 202 g/mol. The second kappa shape index (κ2) is 6.44. The summed E-state index contributed by atoms with van der Waals surface area (Å²) in [6, 6.07) is 10.8. The molecule has 1 aromatic carbocycles. The molecule has 0 radical (unpaired) electrons. The summed E-state index contributed by atoms with van der Waals surface area (Å²) in [5.41, 5.74) is 1.46. The third-order valence-electron chi connectivity index (χ3n) is 3.12. The minimum Gasteiger partial charge on any atom is -0.103 e. The Labute approximate surface area is 94.0 Å². The zero-order valence-electron chi connectivity index (χ0n) is 9.95. The maximum absolute atomic E-state index is 3.96. The predicted octanol–water partition coefficient (Wildman–Crippen LogP) is 4.78. The fourth-order valence-corrected chi connectivity index (χ4v) is 2.25. The van der Waals surface area contributed by atoms with Crippen LogP contribution >= 0.6 is 0 Å². The van der Waals surface area contributed by atoms with E-state index in [9.17, 15) is 0 Å². The first kappa shape index (κ1) is 12.0. The van der Waals surface area contributed by atoms with Crippen LogP contribution in [0.4, 0.5) is 0 Å². The minimum absolute atomic E-state index is 0.618. The molecule has 15 heavy (non-hydrogen) atoms. The van der Waals surface area contributed by atoms with Gasteiger partial charge < -0.3 is 0 Å². The molecule has 2 atom stereocenters. The average Bonchev–Trinajstić information content (AvgIpc) is 2.30. The van der Waals surface area contributed by atoms with Gasteiger partial charge in [-0.25, -0.2) is 0 Å². The third kappa shape index (κ3) is 3.23. The van der Waals surface area contributed by atoms with Gasteiger partial charge in [0.1, 0.15) is 0 Å². The van der Waals surface area contributed by atoms with Gasteiger partial charge in [0.2, 0.25) is 0 Å². The Hall–Kier alpha value is -1.04. The molecule has 0 aromatic heterocycles. The Bertz CT molecular complexity index is 273. The third-order valence-corrected chi connectivity index (χ3v) is 3.12. The van der Waals surface area contributed by atoms with Gasteiger partial charge >= 0.3 is 0 Å². The lowest BCUT2D eigenvalue weighted by Crippen LogP contribution is -2.09. The molecule has 1 aromatic rings. The van der Waals surface area contributed by atoms with Gasteiger partial charge in [-0.3, -0.25) is 0 Å². The standard InChI is InChI=1S/C15H22/c1-4-10-15(13(5-2)6-3)14-11-8-7-9-12-14/h5,7-9,11-13,15H,2,4,6,10H2,1,3H3/t13-,15+/m0/s1. The summed E-state index contributed by atoms with van der Waals surface area (Å²) in [5, 5.41) is 0. The molecule has 0 unspecified atom stereocenters. The van der Waals surface area contributed by atoms with Crippen molar-refractivity contribution < 1.29 is 0 Å².